The number of fused-ring (bicyclic) bond motifs is 17. The zero-order valence-corrected chi connectivity index (χ0v) is 38.8. The van der Waals surface area contributed by atoms with Gasteiger partial charge in [0.15, 0.2) is 0 Å². The summed E-state index contributed by atoms with van der Waals surface area (Å²) in [6.45, 7) is 0. The number of nitrogens with zero attached hydrogens (tertiary/aromatic N) is 2. The largest absolute Gasteiger partial charge is 0.354 e. The van der Waals surface area contributed by atoms with Crippen LogP contribution >= 0.6 is 0 Å². The molecule has 1 atom stereocenters. The number of nitrogens with one attached hydrogen (secondary N) is 2. The molecule has 0 saturated carbocycles. The van der Waals surface area contributed by atoms with E-state index in [9.17, 15) is 9.59 Å². The summed E-state index contributed by atoms with van der Waals surface area (Å²) in [5, 5.41) is 7.33. The minimum atomic E-state index is -1.03. The van der Waals surface area contributed by atoms with Crippen molar-refractivity contribution >= 4 is 45.0 Å². The Morgan fingerprint density at radius 2 is 0.849 bits per heavy atom. The number of carbonyl (C=O) groups is 2. The fraction of sp³-hybridized carbons (Fsp3) is 0.0154. The van der Waals surface area contributed by atoms with Gasteiger partial charge < -0.3 is 5.32 Å². The molecule has 8 nitrogen and oxygen atoms in total. The van der Waals surface area contributed by atoms with E-state index in [2.05, 4.69) is 71.3 Å². The molecule has 73 heavy (non-hydrogen) atoms. The molecule has 2 aromatic heterocycles. The predicted molar refractivity (Wildman–Crippen MR) is 289 cm³/mol. The molecule has 1 unspecified atom stereocenters. The van der Waals surface area contributed by atoms with E-state index in [-0.39, 0.29) is 5.56 Å². The first-order valence-electron chi connectivity index (χ1n) is 24.3. The van der Waals surface area contributed by atoms with Crippen LogP contribution < -0.4 is 21.8 Å². The molecule has 0 fully saturated rings. The molecule has 15 rings (SSSR count). The smallest absolute Gasteiger partial charge is 0.283 e. The molecule has 0 bridgehead atoms. The highest BCUT2D eigenvalue weighted by Gasteiger charge is 2.54. The number of imide groups is 1. The Labute approximate surface area is 417 Å². The van der Waals surface area contributed by atoms with Crippen LogP contribution in [0.25, 0.3) is 88.6 Å². The van der Waals surface area contributed by atoms with Gasteiger partial charge in [-0.05, 0) is 114 Å². The lowest BCUT2D eigenvalue weighted by molar-refractivity contribution is 0.0850. The van der Waals surface area contributed by atoms with Crippen LogP contribution in [-0.2, 0) is 5.41 Å². The highest BCUT2D eigenvalue weighted by molar-refractivity contribution is 6.20. The van der Waals surface area contributed by atoms with Crippen molar-refractivity contribution in [2.75, 3.05) is 5.32 Å². The first-order valence-corrected chi connectivity index (χ1v) is 24.3. The summed E-state index contributed by atoms with van der Waals surface area (Å²) in [6.07, 6.45) is 0. The van der Waals surface area contributed by atoms with E-state index < -0.39 is 22.8 Å². The molecule has 1 aliphatic heterocycles. The summed E-state index contributed by atoms with van der Waals surface area (Å²) in [6, 6.07) is 72.4. The Hall–Kier alpha value is -9.92. The third kappa shape index (κ3) is 5.43. The molecule has 3 aliphatic rings. The van der Waals surface area contributed by atoms with E-state index in [0.717, 1.165) is 83.5 Å². The average Bonchev–Trinajstić information content (AvgIpc) is 4.12. The van der Waals surface area contributed by atoms with Crippen LogP contribution in [0.15, 0.2) is 228 Å². The van der Waals surface area contributed by atoms with Crippen molar-refractivity contribution in [1.29, 1.82) is 0 Å². The minimum Gasteiger partial charge on any atom is -0.354 e. The molecule has 342 valence electrons. The van der Waals surface area contributed by atoms with Crippen LogP contribution in [0.5, 0.6) is 0 Å². The van der Waals surface area contributed by atoms with E-state index in [4.69, 9.17) is 0 Å². The maximum Gasteiger partial charge on any atom is 0.283 e. The van der Waals surface area contributed by atoms with Crippen LogP contribution in [0.1, 0.15) is 43.0 Å². The van der Waals surface area contributed by atoms with Gasteiger partial charge in [-0.2, -0.15) is 4.52 Å². The number of hydrogen-bond acceptors (Lipinski definition) is 5. The van der Waals surface area contributed by atoms with E-state index in [0.29, 0.717) is 49.9 Å². The second kappa shape index (κ2) is 15.0. The number of anilines is 2. The third-order valence-corrected chi connectivity index (χ3v) is 15.5. The molecule has 1 spiro atoms. The first kappa shape index (κ1) is 40.9. The number of aromatic nitrogens is 2. The van der Waals surface area contributed by atoms with E-state index in [1.54, 1.807) is 0 Å². The van der Waals surface area contributed by atoms with Crippen LogP contribution in [0.2, 0.25) is 0 Å². The van der Waals surface area contributed by atoms with Crippen LogP contribution in [0.4, 0.5) is 11.4 Å². The van der Waals surface area contributed by atoms with Crippen molar-refractivity contribution in [3.05, 3.63) is 272 Å². The van der Waals surface area contributed by atoms with E-state index >= 15 is 9.59 Å². The van der Waals surface area contributed by atoms with Gasteiger partial charge in [-0.1, -0.05) is 188 Å². The Bertz CT molecular complexity index is 4510. The second-order valence-corrected chi connectivity index (χ2v) is 19.1. The molecule has 0 radical (unpaired) electrons. The standard InChI is InChI=1S/C65H38N4O4/c70-61-46-34-45-49(35-52(46)66-51-32-16-28-42(58(51)62(71)67-61)38-20-7-2-8-21-38)65(48-31-15-27-41(56(45)48)37-18-5-1-6-19-37)47-30-14-13-26-44(47)57-50(65)36-54-60(55(57)40-24-11-4-12-25-40)64(73)69-63(72)59-43(39-22-9-3-10-23-39)29-17-33-53(59)68(54)69/h1-36,66H,(H,67,70,71). The summed E-state index contributed by atoms with van der Waals surface area (Å²) >= 11 is 0. The van der Waals surface area contributed by atoms with Gasteiger partial charge in [0.1, 0.15) is 0 Å². The van der Waals surface area contributed by atoms with Crippen molar-refractivity contribution in [2.45, 2.75) is 5.41 Å². The van der Waals surface area contributed by atoms with Crippen molar-refractivity contribution in [3.63, 3.8) is 0 Å². The molecule has 2 aliphatic carbocycles. The van der Waals surface area contributed by atoms with E-state index in [1.165, 1.54) is 4.52 Å². The Kier molecular flexibility index (Phi) is 8.43. The number of carbonyl (C=O) groups excluding carboxylic acids is 2. The lowest BCUT2D eigenvalue weighted by Gasteiger charge is -2.31. The molecule has 12 aromatic rings. The Morgan fingerprint density at radius 1 is 0.301 bits per heavy atom. The summed E-state index contributed by atoms with van der Waals surface area (Å²) in [5.74, 6) is -1.02. The monoisotopic (exact) mass is 938 g/mol. The van der Waals surface area contributed by atoms with E-state index in [1.807, 2.05) is 162 Å². The van der Waals surface area contributed by atoms with Crippen molar-refractivity contribution < 1.29 is 9.59 Å². The zero-order valence-electron chi connectivity index (χ0n) is 38.8. The molecular weight excluding hydrogens is 901 g/mol. The molecule has 3 heterocycles. The minimum absolute atomic E-state index is 0.321. The molecule has 2 N–H and O–H groups in total. The third-order valence-electron chi connectivity index (χ3n) is 15.5. The summed E-state index contributed by atoms with van der Waals surface area (Å²) in [5.41, 5.74) is 15.4. The predicted octanol–water partition coefficient (Wildman–Crippen LogP) is 13.1. The highest BCUT2D eigenvalue weighted by atomic mass is 16.2. The molecular formula is C65H38N4O4. The van der Waals surface area contributed by atoms with Gasteiger partial charge >= 0.3 is 0 Å². The fourth-order valence-electron chi connectivity index (χ4n) is 12.6. The Morgan fingerprint density at radius 3 is 1.55 bits per heavy atom. The van der Waals surface area contributed by atoms with Gasteiger partial charge in [0, 0.05) is 5.56 Å². The van der Waals surface area contributed by atoms with Gasteiger partial charge in [0.05, 0.1) is 49.7 Å². The average molecular weight is 939 g/mol. The summed E-state index contributed by atoms with van der Waals surface area (Å²) < 4.78 is 3.15. The van der Waals surface area contributed by atoms with Gasteiger partial charge in [-0.25, -0.2) is 4.52 Å². The lowest BCUT2D eigenvalue weighted by Crippen LogP contribution is -2.34. The number of rotatable bonds is 4. The lowest BCUT2D eigenvalue weighted by atomic mass is 9.69. The number of benzene rings is 10. The topological polar surface area (TPSA) is 101 Å². The molecule has 0 saturated heterocycles. The van der Waals surface area contributed by atoms with Gasteiger partial charge in [-0.3, -0.25) is 24.5 Å². The van der Waals surface area contributed by atoms with Crippen LogP contribution in [0.3, 0.4) is 0 Å². The molecule has 10 aromatic carbocycles. The Balaban J connectivity index is 1.10. The van der Waals surface area contributed by atoms with Crippen molar-refractivity contribution in [3.8, 4) is 66.8 Å². The van der Waals surface area contributed by atoms with Gasteiger partial charge in [0.2, 0.25) is 0 Å². The molecule has 2 amide bonds. The first-order chi connectivity index (χ1) is 35.9. The number of hydrogen-bond donors (Lipinski definition) is 2. The SMILES string of the molecule is O=C1NC(=O)c2c(cccc2-c2ccccc2)Nc2cc3c(cc21)-c1c(-c2ccccc2)cccc1C31c2ccccc2-c2c1cc1c(c2-c2ccccc2)c(=O)n2c(=O)c3c(-c4ccccc4)cccc3n12. The fourth-order valence-corrected chi connectivity index (χ4v) is 12.6. The zero-order chi connectivity index (χ0) is 48.7. The summed E-state index contributed by atoms with van der Waals surface area (Å²) in [4.78, 5) is 59.6. The van der Waals surface area contributed by atoms with Crippen molar-refractivity contribution in [2.24, 2.45) is 0 Å². The van der Waals surface area contributed by atoms with Crippen molar-refractivity contribution in [1.82, 2.24) is 14.3 Å². The van der Waals surface area contributed by atoms with Gasteiger partial charge in [0.25, 0.3) is 22.9 Å². The van der Waals surface area contributed by atoms with Crippen LogP contribution in [0, 0.1) is 0 Å². The maximum absolute atomic E-state index is 15.5. The normalized spacial score (nSPS) is 15.0. The van der Waals surface area contributed by atoms with Gasteiger partial charge in [-0.15, -0.1) is 0 Å². The number of amides is 2. The highest BCUT2D eigenvalue weighted by Crippen LogP contribution is 2.66. The maximum atomic E-state index is 15.5. The molecule has 8 heteroatoms. The second-order valence-electron chi connectivity index (χ2n) is 19.1. The summed E-state index contributed by atoms with van der Waals surface area (Å²) in [7, 11) is 0. The van der Waals surface area contributed by atoms with Crippen LogP contribution in [-0.4, -0.2) is 20.8 Å². The quantitative estimate of drug-likeness (QED) is 0.171.